The SMILES string of the molecule is COc1ccc(C2CCN(C)CC2O)cc1. The van der Waals surface area contributed by atoms with Crippen LogP contribution in [0.4, 0.5) is 0 Å². The van der Waals surface area contributed by atoms with Crippen LogP contribution in [0.3, 0.4) is 0 Å². The van der Waals surface area contributed by atoms with E-state index in [1.807, 2.05) is 19.2 Å². The van der Waals surface area contributed by atoms with Crippen LogP contribution in [0.25, 0.3) is 0 Å². The zero-order valence-corrected chi connectivity index (χ0v) is 9.89. The Morgan fingerprint density at radius 3 is 2.56 bits per heavy atom. The summed E-state index contributed by atoms with van der Waals surface area (Å²) in [5.74, 6) is 1.13. The van der Waals surface area contributed by atoms with E-state index in [-0.39, 0.29) is 12.0 Å². The molecule has 0 saturated carbocycles. The van der Waals surface area contributed by atoms with E-state index in [1.165, 1.54) is 5.56 Å². The number of aliphatic hydroxyl groups is 1. The van der Waals surface area contributed by atoms with Crippen molar-refractivity contribution in [2.75, 3.05) is 27.2 Å². The van der Waals surface area contributed by atoms with Gasteiger partial charge in [-0.25, -0.2) is 0 Å². The molecule has 1 N–H and O–H groups in total. The van der Waals surface area contributed by atoms with E-state index in [4.69, 9.17) is 4.74 Å². The highest BCUT2D eigenvalue weighted by atomic mass is 16.5. The van der Waals surface area contributed by atoms with Crippen LogP contribution in [-0.4, -0.2) is 43.4 Å². The van der Waals surface area contributed by atoms with E-state index < -0.39 is 0 Å². The van der Waals surface area contributed by atoms with Gasteiger partial charge in [-0.3, -0.25) is 0 Å². The summed E-state index contributed by atoms with van der Waals surface area (Å²) in [6, 6.07) is 8.02. The highest BCUT2D eigenvalue weighted by Gasteiger charge is 2.26. The first-order valence-corrected chi connectivity index (χ1v) is 5.71. The molecule has 3 nitrogen and oxygen atoms in total. The predicted octanol–water partition coefficient (Wildman–Crippen LogP) is 1.48. The first-order valence-electron chi connectivity index (χ1n) is 5.71. The third kappa shape index (κ3) is 2.36. The lowest BCUT2D eigenvalue weighted by Crippen LogP contribution is -2.40. The van der Waals surface area contributed by atoms with Crippen LogP contribution in [0, 0.1) is 0 Å². The number of nitrogens with zero attached hydrogens (tertiary/aromatic N) is 1. The Hall–Kier alpha value is -1.06. The molecular weight excluding hydrogens is 202 g/mol. The average Bonchev–Trinajstić information content (AvgIpc) is 2.29. The van der Waals surface area contributed by atoms with Gasteiger partial charge in [-0.15, -0.1) is 0 Å². The van der Waals surface area contributed by atoms with E-state index in [2.05, 4.69) is 17.0 Å². The predicted molar refractivity (Wildman–Crippen MR) is 63.9 cm³/mol. The molecule has 0 aliphatic carbocycles. The summed E-state index contributed by atoms with van der Waals surface area (Å²) in [4.78, 5) is 2.17. The summed E-state index contributed by atoms with van der Waals surface area (Å²) in [7, 11) is 3.72. The molecule has 1 heterocycles. The van der Waals surface area contributed by atoms with Crippen LogP contribution >= 0.6 is 0 Å². The normalized spacial score (nSPS) is 26.7. The maximum absolute atomic E-state index is 10.0. The Morgan fingerprint density at radius 2 is 2.00 bits per heavy atom. The fourth-order valence-electron chi connectivity index (χ4n) is 2.33. The van der Waals surface area contributed by atoms with Crippen molar-refractivity contribution in [1.29, 1.82) is 0 Å². The van der Waals surface area contributed by atoms with Gasteiger partial charge in [-0.1, -0.05) is 12.1 Å². The monoisotopic (exact) mass is 221 g/mol. The fraction of sp³-hybridized carbons (Fsp3) is 0.538. The van der Waals surface area contributed by atoms with E-state index in [1.54, 1.807) is 7.11 Å². The zero-order chi connectivity index (χ0) is 11.5. The molecule has 0 radical (unpaired) electrons. The molecule has 1 saturated heterocycles. The minimum Gasteiger partial charge on any atom is -0.497 e. The highest BCUT2D eigenvalue weighted by Crippen LogP contribution is 2.28. The topological polar surface area (TPSA) is 32.7 Å². The summed E-state index contributed by atoms with van der Waals surface area (Å²) in [5, 5.41) is 10.0. The van der Waals surface area contributed by atoms with Gasteiger partial charge in [0.15, 0.2) is 0 Å². The number of methoxy groups -OCH3 is 1. The molecule has 16 heavy (non-hydrogen) atoms. The highest BCUT2D eigenvalue weighted by molar-refractivity contribution is 5.30. The van der Waals surface area contributed by atoms with Crippen molar-refractivity contribution in [1.82, 2.24) is 4.90 Å². The molecular formula is C13H19NO2. The number of hydrogen-bond donors (Lipinski definition) is 1. The van der Waals surface area contributed by atoms with Gasteiger partial charge >= 0.3 is 0 Å². The van der Waals surface area contributed by atoms with Crippen molar-refractivity contribution in [2.45, 2.75) is 18.4 Å². The number of ether oxygens (including phenoxy) is 1. The maximum atomic E-state index is 10.0. The molecule has 2 atom stereocenters. The minimum atomic E-state index is -0.257. The first-order chi connectivity index (χ1) is 7.70. The molecule has 1 aliphatic heterocycles. The summed E-state index contributed by atoms with van der Waals surface area (Å²) in [6.45, 7) is 1.81. The third-order valence-corrected chi connectivity index (χ3v) is 3.33. The van der Waals surface area contributed by atoms with Crippen molar-refractivity contribution in [3.63, 3.8) is 0 Å². The van der Waals surface area contributed by atoms with Crippen LogP contribution in [0.5, 0.6) is 5.75 Å². The van der Waals surface area contributed by atoms with Crippen LogP contribution in [-0.2, 0) is 0 Å². The molecule has 2 unspecified atom stereocenters. The van der Waals surface area contributed by atoms with Crippen LogP contribution in [0.15, 0.2) is 24.3 Å². The van der Waals surface area contributed by atoms with Gasteiger partial charge in [0, 0.05) is 12.5 Å². The second kappa shape index (κ2) is 4.85. The molecule has 0 bridgehead atoms. The number of hydrogen-bond acceptors (Lipinski definition) is 3. The Labute approximate surface area is 96.6 Å². The number of rotatable bonds is 2. The molecule has 1 aromatic rings. The van der Waals surface area contributed by atoms with E-state index in [9.17, 15) is 5.11 Å². The molecule has 0 spiro atoms. The van der Waals surface area contributed by atoms with Gasteiger partial charge in [0.1, 0.15) is 5.75 Å². The number of likely N-dealkylation sites (tertiary alicyclic amines) is 1. The summed E-state index contributed by atoms with van der Waals surface area (Å²) in [5.41, 5.74) is 1.21. The Morgan fingerprint density at radius 1 is 1.31 bits per heavy atom. The fourth-order valence-corrected chi connectivity index (χ4v) is 2.33. The van der Waals surface area contributed by atoms with Gasteiger partial charge < -0.3 is 14.7 Å². The van der Waals surface area contributed by atoms with Crippen molar-refractivity contribution < 1.29 is 9.84 Å². The number of benzene rings is 1. The lowest BCUT2D eigenvalue weighted by molar-refractivity contribution is 0.0638. The largest absolute Gasteiger partial charge is 0.497 e. The minimum absolute atomic E-state index is 0.257. The molecule has 88 valence electrons. The lowest BCUT2D eigenvalue weighted by atomic mass is 9.87. The standard InChI is InChI=1S/C13H19NO2/c1-14-8-7-12(13(15)9-14)10-3-5-11(16-2)6-4-10/h3-6,12-13,15H,7-9H2,1-2H3. The zero-order valence-electron chi connectivity index (χ0n) is 9.89. The van der Waals surface area contributed by atoms with Crippen molar-refractivity contribution in [3.8, 4) is 5.75 Å². The molecule has 1 fully saturated rings. The van der Waals surface area contributed by atoms with E-state index in [0.717, 1.165) is 25.3 Å². The Bertz CT molecular complexity index is 336. The first kappa shape index (κ1) is 11.4. The van der Waals surface area contributed by atoms with Crippen LogP contribution < -0.4 is 4.74 Å². The Kier molecular flexibility index (Phi) is 3.46. The van der Waals surface area contributed by atoms with Crippen LogP contribution in [0.2, 0.25) is 0 Å². The van der Waals surface area contributed by atoms with Gasteiger partial charge in [0.25, 0.3) is 0 Å². The van der Waals surface area contributed by atoms with Crippen molar-refractivity contribution in [3.05, 3.63) is 29.8 Å². The van der Waals surface area contributed by atoms with E-state index >= 15 is 0 Å². The molecule has 2 rings (SSSR count). The molecule has 1 aromatic carbocycles. The summed E-state index contributed by atoms with van der Waals surface area (Å²) >= 11 is 0. The maximum Gasteiger partial charge on any atom is 0.118 e. The summed E-state index contributed by atoms with van der Waals surface area (Å²) < 4.78 is 5.13. The van der Waals surface area contributed by atoms with Gasteiger partial charge in [-0.2, -0.15) is 0 Å². The second-order valence-corrected chi connectivity index (χ2v) is 4.50. The van der Waals surface area contributed by atoms with Gasteiger partial charge in [0.05, 0.1) is 13.2 Å². The molecule has 3 heteroatoms. The second-order valence-electron chi connectivity index (χ2n) is 4.50. The third-order valence-electron chi connectivity index (χ3n) is 3.33. The number of aliphatic hydroxyl groups excluding tert-OH is 1. The average molecular weight is 221 g/mol. The Balaban J connectivity index is 2.11. The van der Waals surface area contributed by atoms with Gasteiger partial charge in [0.2, 0.25) is 0 Å². The van der Waals surface area contributed by atoms with Crippen molar-refractivity contribution in [2.24, 2.45) is 0 Å². The molecule has 0 amide bonds. The van der Waals surface area contributed by atoms with Gasteiger partial charge in [-0.05, 0) is 37.7 Å². The molecule has 1 aliphatic rings. The van der Waals surface area contributed by atoms with Crippen molar-refractivity contribution >= 4 is 0 Å². The molecule has 0 aromatic heterocycles. The number of piperidine rings is 1. The summed E-state index contributed by atoms with van der Waals surface area (Å²) in [6.07, 6.45) is 0.761. The lowest BCUT2D eigenvalue weighted by Gasteiger charge is -2.33. The van der Waals surface area contributed by atoms with E-state index in [0.29, 0.717) is 0 Å². The smallest absolute Gasteiger partial charge is 0.118 e. The quantitative estimate of drug-likeness (QED) is 0.821. The van der Waals surface area contributed by atoms with Crippen LogP contribution in [0.1, 0.15) is 17.9 Å². The number of β-amino-alcohol motifs (C(OH)–C–C–N with tert-alkyl or cyclic N) is 1. The number of likely N-dealkylation sites (N-methyl/N-ethyl adjacent to an activating group) is 1.